The van der Waals surface area contributed by atoms with Crippen molar-refractivity contribution < 1.29 is 18.0 Å². The summed E-state index contributed by atoms with van der Waals surface area (Å²) in [4.78, 5) is 27.8. The quantitative estimate of drug-likeness (QED) is 0.340. The summed E-state index contributed by atoms with van der Waals surface area (Å²) in [6.45, 7) is 4.52. The summed E-state index contributed by atoms with van der Waals surface area (Å²) in [5, 5.41) is 4.22. The summed E-state index contributed by atoms with van der Waals surface area (Å²) in [6.07, 6.45) is 2.59. The average Bonchev–Trinajstić information content (AvgIpc) is 2.81. The van der Waals surface area contributed by atoms with E-state index in [0.29, 0.717) is 39.3 Å². The second kappa shape index (κ2) is 14.1. The van der Waals surface area contributed by atoms with Crippen molar-refractivity contribution in [1.82, 2.24) is 10.2 Å². The fourth-order valence-corrected chi connectivity index (χ4v) is 5.29. The highest BCUT2D eigenvalue weighted by atomic mass is 35.5. The smallest absolute Gasteiger partial charge is 0.242 e. The number of sulfonamides is 1. The molecule has 2 aromatic carbocycles. The van der Waals surface area contributed by atoms with E-state index in [2.05, 4.69) is 5.32 Å². The molecule has 1 N–H and O–H groups in total. The number of nitrogens with one attached hydrogen (secondary N) is 1. The summed E-state index contributed by atoms with van der Waals surface area (Å²) >= 11 is 18.3. The number of carbonyl (C=O) groups is 2. The fraction of sp³-hybridized carbons (Fsp3) is 0.440. The molecule has 1 unspecified atom stereocenters. The van der Waals surface area contributed by atoms with Crippen LogP contribution in [0.5, 0.6) is 0 Å². The number of nitrogens with zero attached hydrogens (tertiary/aromatic N) is 2. The number of anilines is 1. The monoisotopic (exact) mass is 575 g/mol. The van der Waals surface area contributed by atoms with Gasteiger partial charge in [0, 0.05) is 41.1 Å². The zero-order valence-corrected chi connectivity index (χ0v) is 23.7. The Labute approximate surface area is 228 Å². The Balaban J connectivity index is 2.23. The zero-order chi connectivity index (χ0) is 26.9. The predicted molar refractivity (Wildman–Crippen MR) is 147 cm³/mol. The van der Waals surface area contributed by atoms with Gasteiger partial charge < -0.3 is 10.2 Å². The predicted octanol–water partition coefficient (Wildman–Crippen LogP) is 5.53. The van der Waals surface area contributed by atoms with E-state index in [-0.39, 0.29) is 37.7 Å². The molecule has 198 valence electrons. The second-order valence-corrected chi connectivity index (χ2v) is 11.6. The van der Waals surface area contributed by atoms with Gasteiger partial charge in [-0.15, -0.1) is 0 Å². The van der Waals surface area contributed by atoms with Crippen LogP contribution in [0.1, 0.15) is 45.1 Å². The summed E-state index contributed by atoms with van der Waals surface area (Å²) in [5.41, 5.74) is 1.12. The van der Waals surface area contributed by atoms with Crippen LogP contribution in [0.15, 0.2) is 42.5 Å². The van der Waals surface area contributed by atoms with E-state index in [1.807, 2.05) is 13.8 Å². The van der Waals surface area contributed by atoms with Crippen LogP contribution in [-0.2, 0) is 26.2 Å². The number of benzene rings is 2. The third-order valence-corrected chi connectivity index (χ3v) is 7.59. The maximum atomic E-state index is 13.4. The topological polar surface area (TPSA) is 86.8 Å². The maximum Gasteiger partial charge on any atom is 0.242 e. The lowest BCUT2D eigenvalue weighted by molar-refractivity contribution is -0.141. The van der Waals surface area contributed by atoms with Crippen molar-refractivity contribution in [3.8, 4) is 0 Å². The molecule has 0 aromatic heterocycles. The number of rotatable bonds is 13. The van der Waals surface area contributed by atoms with E-state index >= 15 is 0 Å². The molecule has 36 heavy (non-hydrogen) atoms. The van der Waals surface area contributed by atoms with Crippen molar-refractivity contribution in [3.63, 3.8) is 0 Å². The van der Waals surface area contributed by atoms with Gasteiger partial charge in [-0.05, 0) is 61.2 Å². The summed E-state index contributed by atoms with van der Waals surface area (Å²) in [5.74, 6) is -0.513. The van der Waals surface area contributed by atoms with Crippen molar-refractivity contribution in [3.05, 3.63) is 63.1 Å². The van der Waals surface area contributed by atoms with Crippen molar-refractivity contribution in [2.75, 3.05) is 23.7 Å². The van der Waals surface area contributed by atoms with Gasteiger partial charge in [-0.1, -0.05) is 54.7 Å². The molecule has 0 spiro atoms. The van der Waals surface area contributed by atoms with Gasteiger partial charge in [-0.3, -0.25) is 13.9 Å². The standard InChI is InChI=1S/C25H32Cl3N3O4S/c1-4-14-29-25(33)23(5-2)30(17-18-8-9-20(27)16-22(18)28)24(32)7-6-15-31(36(3,34)35)21-12-10-19(26)11-13-21/h8-13,16,23H,4-7,14-15,17H2,1-3H3,(H,29,33). The first-order valence-corrected chi connectivity index (χ1v) is 14.7. The molecule has 0 aliphatic carbocycles. The van der Waals surface area contributed by atoms with Gasteiger partial charge in [0.15, 0.2) is 0 Å². The molecule has 0 saturated heterocycles. The second-order valence-electron chi connectivity index (χ2n) is 8.39. The number of halogens is 3. The van der Waals surface area contributed by atoms with E-state index < -0.39 is 16.1 Å². The molecule has 2 amide bonds. The Kier molecular flexibility index (Phi) is 11.8. The largest absolute Gasteiger partial charge is 0.354 e. The third-order valence-electron chi connectivity index (χ3n) is 5.56. The Morgan fingerprint density at radius 3 is 2.19 bits per heavy atom. The van der Waals surface area contributed by atoms with Crippen molar-refractivity contribution in [2.45, 2.75) is 52.1 Å². The molecule has 2 rings (SSSR count). The van der Waals surface area contributed by atoms with E-state index in [1.165, 1.54) is 9.21 Å². The highest BCUT2D eigenvalue weighted by Gasteiger charge is 2.29. The Hall–Kier alpha value is -2.00. The van der Waals surface area contributed by atoms with Gasteiger partial charge >= 0.3 is 0 Å². The van der Waals surface area contributed by atoms with Crippen LogP contribution in [0.3, 0.4) is 0 Å². The SMILES string of the molecule is CCCNC(=O)C(CC)N(Cc1ccc(Cl)cc1Cl)C(=O)CCCN(c1ccc(Cl)cc1)S(C)(=O)=O. The minimum absolute atomic E-state index is 0.0440. The number of amides is 2. The molecule has 0 bridgehead atoms. The molecular formula is C25H32Cl3N3O4S. The van der Waals surface area contributed by atoms with Gasteiger partial charge in [0.1, 0.15) is 6.04 Å². The number of carbonyl (C=O) groups excluding carboxylic acids is 2. The van der Waals surface area contributed by atoms with E-state index in [0.717, 1.165) is 12.7 Å². The molecule has 0 fully saturated rings. The van der Waals surface area contributed by atoms with Crippen LogP contribution >= 0.6 is 34.8 Å². The molecule has 1 atom stereocenters. The van der Waals surface area contributed by atoms with Crippen LogP contribution in [0.4, 0.5) is 5.69 Å². The van der Waals surface area contributed by atoms with Crippen LogP contribution in [0, 0.1) is 0 Å². The highest BCUT2D eigenvalue weighted by molar-refractivity contribution is 7.92. The van der Waals surface area contributed by atoms with E-state index in [1.54, 1.807) is 42.5 Å². The lowest BCUT2D eigenvalue weighted by Gasteiger charge is -2.31. The van der Waals surface area contributed by atoms with Crippen LogP contribution in [0.25, 0.3) is 0 Å². The molecular weight excluding hydrogens is 545 g/mol. The van der Waals surface area contributed by atoms with Crippen LogP contribution < -0.4 is 9.62 Å². The number of hydrogen-bond acceptors (Lipinski definition) is 4. The maximum absolute atomic E-state index is 13.4. The fourth-order valence-electron chi connectivity index (χ4n) is 3.73. The molecule has 2 aromatic rings. The first-order chi connectivity index (χ1) is 17.0. The molecule has 0 saturated carbocycles. The summed E-state index contributed by atoms with van der Waals surface area (Å²) < 4.78 is 26.0. The Morgan fingerprint density at radius 1 is 1.00 bits per heavy atom. The van der Waals surface area contributed by atoms with Gasteiger partial charge in [-0.2, -0.15) is 0 Å². The Morgan fingerprint density at radius 2 is 1.64 bits per heavy atom. The average molecular weight is 577 g/mol. The van der Waals surface area contributed by atoms with Gasteiger partial charge in [0.05, 0.1) is 11.9 Å². The Bertz CT molecular complexity index is 1140. The van der Waals surface area contributed by atoms with Crippen molar-refractivity contribution in [1.29, 1.82) is 0 Å². The number of hydrogen-bond donors (Lipinski definition) is 1. The van der Waals surface area contributed by atoms with Crippen molar-refractivity contribution >= 4 is 62.3 Å². The minimum Gasteiger partial charge on any atom is -0.354 e. The normalized spacial score (nSPS) is 12.2. The zero-order valence-electron chi connectivity index (χ0n) is 20.6. The molecule has 0 heterocycles. The summed E-state index contributed by atoms with van der Waals surface area (Å²) in [7, 11) is -3.58. The van der Waals surface area contributed by atoms with Crippen LogP contribution in [0.2, 0.25) is 15.1 Å². The molecule has 0 radical (unpaired) electrons. The molecule has 7 nitrogen and oxygen atoms in total. The lowest BCUT2D eigenvalue weighted by Crippen LogP contribution is -2.49. The van der Waals surface area contributed by atoms with Crippen LogP contribution in [-0.4, -0.2) is 50.5 Å². The highest BCUT2D eigenvalue weighted by Crippen LogP contribution is 2.25. The minimum atomic E-state index is -3.58. The first kappa shape index (κ1) is 30.2. The van der Waals surface area contributed by atoms with E-state index in [4.69, 9.17) is 34.8 Å². The van der Waals surface area contributed by atoms with Crippen molar-refractivity contribution in [2.24, 2.45) is 0 Å². The molecule has 0 aliphatic rings. The molecule has 0 aliphatic heterocycles. The van der Waals surface area contributed by atoms with Gasteiger partial charge in [-0.25, -0.2) is 8.42 Å². The lowest BCUT2D eigenvalue weighted by atomic mass is 10.1. The first-order valence-electron chi connectivity index (χ1n) is 11.7. The van der Waals surface area contributed by atoms with Gasteiger partial charge in [0.2, 0.25) is 21.8 Å². The molecule has 11 heteroatoms. The van der Waals surface area contributed by atoms with E-state index in [9.17, 15) is 18.0 Å². The summed E-state index contributed by atoms with van der Waals surface area (Å²) in [6, 6.07) is 10.8. The third kappa shape index (κ3) is 8.83. The van der Waals surface area contributed by atoms with Gasteiger partial charge in [0.25, 0.3) is 0 Å².